The molecule has 2 bridgehead atoms. The number of aromatic nitrogens is 4. The van der Waals surface area contributed by atoms with Crippen LogP contribution in [0.2, 0.25) is 0 Å². The van der Waals surface area contributed by atoms with Gasteiger partial charge in [0.25, 0.3) is 0 Å². The van der Waals surface area contributed by atoms with Crippen molar-refractivity contribution < 1.29 is 0 Å². The monoisotopic (exact) mass is 472 g/mol. The van der Waals surface area contributed by atoms with E-state index in [0.29, 0.717) is 23.9 Å². The molecule has 0 saturated carbocycles. The normalized spacial score (nSPS) is 24.6. The van der Waals surface area contributed by atoms with Crippen LogP contribution in [0.25, 0.3) is 20.5 Å². The summed E-state index contributed by atoms with van der Waals surface area (Å²) in [7, 11) is 2.18. The Labute approximate surface area is 174 Å². The highest BCUT2D eigenvalue weighted by atomic mass is 79.9. The number of thiazole rings is 2. The van der Waals surface area contributed by atoms with Gasteiger partial charge in [-0.05, 0) is 41.6 Å². The molecule has 1 unspecified atom stereocenters. The molecule has 138 valence electrons. The lowest BCUT2D eigenvalue weighted by atomic mass is 9.99. The summed E-state index contributed by atoms with van der Waals surface area (Å²) < 4.78 is 0.868. The molecule has 10 heteroatoms. The Bertz CT molecular complexity index is 870. The SMILES string of the molecule is CN(c1nc2sc(-c3ncc(Br)cn3)nc2s1)C1C[C@H]2CC[C@@H](C1)N2.Cl. The molecule has 2 fully saturated rings. The quantitative estimate of drug-likeness (QED) is 0.617. The van der Waals surface area contributed by atoms with E-state index in [1.807, 2.05) is 0 Å². The number of nitrogens with zero attached hydrogens (tertiary/aromatic N) is 5. The molecule has 2 aliphatic heterocycles. The van der Waals surface area contributed by atoms with Crippen LogP contribution < -0.4 is 10.2 Å². The summed E-state index contributed by atoms with van der Waals surface area (Å²) >= 11 is 6.59. The smallest absolute Gasteiger partial charge is 0.188 e. The zero-order chi connectivity index (χ0) is 17.0. The minimum absolute atomic E-state index is 0. The number of anilines is 1. The molecular weight excluding hydrogens is 456 g/mol. The summed E-state index contributed by atoms with van der Waals surface area (Å²) in [6, 6.07) is 1.95. The third-order valence-corrected chi connectivity index (χ3v) is 7.60. The first-order chi connectivity index (χ1) is 12.2. The molecule has 1 N–H and O–H groups in total. The van der Waals surface area contributed by atoms with Crippen molar-refractivity contribution in [3.63, 3.8) is 0 Å². The third kappa shape index (κ3) is 3.35. The molecule has 0 spiro atoms. The predicted molar refractivity (Wildman–Crippen MR) is 113 cm³/mol. The molecule has 0 radical (unpaired) electrons. The van der Waals surface area contributed by atoms with Gasteiger partial charge in [-0.15, -0.1) is 12.4 Å². The van der Waals surface area contributed by atoms with Crippen LogP contribution in [0.1, 0.15) is 25.7 Å². The second-order valence-electron chi connectivity index (χ2n) is 6.72. The van der Waals surface area contributed by atoms with E-state index in [1.54, 1.807) is 35.1 Å². The Hall–Kier alpha value is -0.870. The summed E-state index contributed by atoms with van der Waals surface area (Å²) in [5.41, 5.74) is 0. The van der Waals surface area contributed by atoms with Gasteiger partial charge in [0, 0.05) is 37.6 Å². The number of hydrogen-bond donors (Lipinski definition) is 1. The van der Waals surface area contributed by atoms with E-state index in [4.69, 9.17) is 9.97 Å². The van der Waals surface area contributed by atoms with Crippen LogP contribution >= 0.6 is 51.0 Å². The molecule has 0 amide bonds. The lowest BCUT2D eigenvalue weighted by molar-refractivity contribution is 0.354. The molecule has 6 nitrogen and oxygen atoms in total. The number of nitrogens with one attached hydrogen (secondary N) is 1. The Morgan fingerprint density at radius 3 is 2.38 bits per heavy atom. The predicted octanol–water partition coefficient (Wildman–Crippen LogP) is 4.11. The molecule has 3 atom stereocenters. The van der Waals surface area contributed by atoms with Crippen LogP contribution in [0, 0.1) is 0 Å². The van der Waals surface area contributed by atoms with Crippen molar-refractivity contribution in [2.75, 3.05) is 11.9 Å². The number of hydrogen-bond acceptors (Lipinski definition) is 8. The van der Waals surface area contributed by atoms with E-state index < -0.39 is 0 Å². The van der Waals surface area contributed by atoms with Crippen molar-refractivity contribution in [1.29, 1.82) is 0 Å². The summed E-state index contributed by atoms with van der Waals surface area (Å²) in [4.78, 5) is 22.5. The Balaban J connectivity index is 0.00000168. The van der Waals surface area contributed by atoms with Gasteiger partial charge in [0.15, 0.2) is 25.6 Å². The Kier molecular flexibility index (Phi) is 5.17. The molecule has 0 aliphatic carbocycles. The molecule has 5 rings (SSSR count). The minimum Gasteiger partial charge on any atom is -0.348 e. The highest BCUT2D eigenvalue weighted by Gasteiger charge is 2.36. The summed E-state index contributed by atoms with van der Waals surface area (Å²) in [6.07, 6.45) is 8.56. The molecule has 26 heavy (non-hydrogen) atoms. The number of rotatable bonds is 3. The van der Waals surface area contributed by atoms with Crippen molar-refractivity contribution >= 4 is 65.8 Å². The van der Waals surface area contributed by atoms with Crippen molar-refractivity contribution in [3.05, 3.63) is 16.9 Å². The van der Waals surface area contributed by atoms with Gasteiger partial charge in [-0.2, -0.15) is 0 Å². The minimum atomic E-state index is 0. The highest BCUT2D eigenvalue weighted by Crippen LogP contribution is 2.37. The zero-order valence-electron chi connectivity index (χ0n) is 14.1. The maximum absolute atomic E-state index is 4.84. The fourth-order valence-corrected chi connectivity index (χ4v) is 6.03. The Morgan fingerprint density at radius 1 is 1.08 bits per heavy atom. The van der Waals surface area contributed by atoms with Gasteiger partial charge in [-0.25, -0.2) is 19.9 Å². The van der Waals surface area contributed by atoms with Gasteiger partial charge >= 0.3 is 0 Å². The fraction of sp³-hybridized carbons (Fsp3) is 0.500. The lowest BCUT2D eigenvalue weighted by Crippen LogP contribution is -2.47. The van der Waals surface area contributed by atoms with Crippen LogP contribution in [0.4, 0.5) is 5.13 Å². The van der Waals surface area contributed by atoms with E-state index in [1.165, 1.54) is 25.7 Å². The molecule has 5 heterocycles. The van der Waals surface area contributed by atoms with Crippen molar-refractivity contribution in [3.8, 4) is 10.8 Å². The number of fused-ring (bicyclic) bond motifs is 3. The van der Waals surface area contributed by atoms with Gasteiger partial charge in [0.1, 0.15) is 0 Å². The van der Waals surface area contributed by atoms with E-state index in [2.05, 4.69) is 43.2 Å². The molecule has 2 aliphatic rings. The number of halogens is 2. The van der Waals surface area contributed by atoms with Crippen molar-refractivity contribution in [2.45, 2.75) is 43.8 Å². The lowest BCUT2D eigenvalue weighted by Gasteiger charge is -2.35. The van der Waals surface area contributed by atoms with Crippen molar-refractivity contribution in [2.24, 2.45) is 0 Å². The second-order valence-corrected chi connectivity index (χ2v) is 9.57. The van der Waals surface area contributed by atoms with E-state index >= 15 is 0 Å². The average Bonchev–Trinajstić information content (AvgIpc) is 3.27. The van der Waals surface area contributed by atoms with Gasteiger partial charge in [0.05, 0.1) is 4.47 Å². The summed E-state index contributed by atoms with van der Waals surface area (Å²) in [5, 5.41) is 5.61. The maximum atomic E-state index is 4.84. The zero-order valence-corrected chi connectivity index (χ0v) is 18.1. The fourth-order valence-electron chi connectivity index (χ4n) is 3.80. The van der Waals surface area contributed by atoms with Crippen LogP contribution in [0.3, 0.4) is 0 Å². The van der Waals surface area contributed by atoms with Gasteiger partial charge in [-0.1, -0.05) is 22.7 Å². The van der Waals surface area contributed by atoms with Crippen LogP contribution in [0.15, 0.2) is 16.9 Å². The maximum Gasteiger partial charge on any atom is 0.188 e. The first-order valence-corrected chi connectivity index (χ1v) is 10.8. The first-order valence-electron chi connectivity index (χ1n) is 8.40. The van der Waals surface area contributed by atoms with E-state index in [9.17, 15) is 0 Å². The highest BCUT2D eigenvalue weighted by molar-refractivity contribution is 9.10. The third-order valence-electron chi connectivity index (χ3n) is 5.07. The molecular formula is C16H18BrClN6S2. The summed E-state index contributed by atoms with van der Waals surface area (Å²) in [6.45, 7) is 0. The largest absolute Gasteiger partial charge is 0.348 e. The molecule has 3 aromatic heterocycles. The van der Waals surface area contributed by atoms with E-state index in [-0.39, 0.29) is 12.4 Å². The summed E-state index contributed by atoms with van der Waals surface area (Å²) in [5.74, 6) is 0.656. The van der Waals surface area contributed by atoms with Gasteiger partial charge in [0.2, 0.25) is 0 Å². The molecule has 3 aromatic rings. The average molecular weight is 474 g/mol. The van der Waals surface area contributed by atoms with E-state index in [0.717, 1.165) is 24.3 Å². The topological polar surface area (TPSA) is 66.8 Å². The van der Waals surface area contributed by atoms with Crippen LogP contribution in [0.5, 0.6) is 0 Å². The van der Waals surface area contributed by atoms with Crippen LogP contribution in [-0.2, 0) is 0 Å². The van der Waals surface area contributed by atoms with Gasteiger partial charge < -0.3 is 10.2 Å². The van der Waals surface area contributed by atoms with Crippen molar-refractivity contribution in [1.82, 2.24) is 25.3 Å². The van der Waals surface area contributed by atoms with Crippen LogP contribution in [-0.4, -0.2) is 45.1 Å². The Morgan fingerprint density at radius 2 is 1.73 bits per heavy atom. The standard InChI is InChI=1S/C16H17BrN6S2.ClH/c1-23(11-4-9-2-3-10(5-11)20-9)16-22-15-14(25-16)21-13(24-15)12-18-6-8(17)7-19-12;/h6-7,9-11,20H,2-5H2,1H3;1H/t9-,10+,11?;. The number of piperidine rings is 1. The second kappa shape index (κ2) is 7.27. The molecule has 2 saturated heterocycles. The molecule has 0 aromatic carbocycles. The first kappa shape index (κ1) is 18.5. The van der Waals surface area contributed by atoms with Gasteiger partial charge in [-0.3, -0.25) is 0 Å².